The Labute approximate surface area is 132 Å². The van der Waals surface area contributed by atoms with E-state index in [4.69, 9.17) is 23.2 Å². The van der Waals surface area contributed by atoms with E-state index in [0.717, 1.165) is 48.3 Å². The van der Waals surface area contributed by atoms with Gasteiger partial charge in [-0.25, -0.2) is 0 Å². The third-order valence-corrected chi connectivity index (χ3v) is 5.43. The molecule has 0 radical (unpaired) electrons. The van der Waals surface area contributed by atoms with Crippen molar-refractivity contribution in [1.82, 2.24) is 15.1 Å². The SMILES string of the molecule is CCn1nc(C)c(Cl)c1CNC1(CCl)CCCC(C)C1. The van der Waals surface area contributed by atoms with Crippen LogP contribution >= 0.6 is 23.2 Å². The lowest BCUT2D eigenvalue weighted by atomic mass is 9.77. The van der Waals surface area contributed by atoms with Crippen molar-refractivity contribution in [3.8, 4) is 0 Å². The largest absolute Gasteiger partial charge is 0.304 e. The van der Waals surface area contributed by atoms with Crippen molar-refractivity contribution in [1.29, 1.82) is 0 Å². The van der Waals surface area contributed by atoms with Gasteiger partial charge < -0.3 is 5.32 Å². The predicted octanol–water partition coefficient (Wildman–Crippen LogP) is 4.14. The number of hydrogen-bond acceptors (Lipinski definition) is 2. The standard InChI is InChI=1S/C15H25Cl2N3/c1-4-20-13(14(17)12(3)19-20)9-18-15(10-16)7-5-6-11(2)8-15/h11,18H,4-10H2,1-3H3. The fourth-order valence-electron chi connectivity index (χ4n) is 3.30. The molecule has 2 rings (SSSR count). The Morgan fingerprint density at radius 2 is 2.25 bits per heavy atom. The first-order chi connectivity index (χ1) is 9.51. The summed E-state index contributed by atoms with van der Waals surface area (Å²) < 4.78 is 1.98. The van der Waals surface area contributed by atoms with E-state index in [1.165, 1.54) is 12.8 Å². The molecule has 2 atom stereocenters. The van der Waals surface area contributed by atoms with Crippen LogP contribution in [0.2, 0.25) is 5.02 Å². The van der Waals surface area contributed by atoms with Crippen molar-refractivity contribution in [2.24, 2.45) is 5.92 Å². The lowest BCUT2D eigenvalue weighted by molar-refractivity contribution is 0.206. The van der Waals surface area contributed by atoms with Gasteiger partial charge in [0.05, 0.1) is 16.4 Å². The van der Waals surface area contributed by atoms with E-state index in [1.807, 2.05) is 11.6 Å². The lowest BCUT2D eigenvalue weighted by Gasteiger charge is -2.39. The number of nitrogens with zero attached hydrogens (tertiary/aromatic N) is 2. The summed E-state index contributed by atoms with van der Waals surface area (Å²) in [5, 5.41) is 8.94. The van der Waals surface area contributed by atoms with Crippen LogP contribution in [0.25, 0.3) is 0 Å². The second-order valence-corrected chi connectivity index (χ2v) is 6.78. The third-order valence-electron chi connectivity index (χ3n) is 4.43. The molecule has 3 nitrogen and oxygen atoms in total. The van der Waals surface area contributed by atoms with Gasteiger partial charge in [0.15, 0.2) is 0 Å². The van der Waals surface area contributed by atoms with Crippen LogP contribution in [-0.2, 0) is 13.1 Å². The third kappa shape index (κ3) is 3.32. The summed E-state index contributed by atoms with van der Waals surface area (Å²) in [5.74, 6) is 1.40. The predicted molar refractivity (Wildman–Crippen MR) is 85.6 cm³/mol. The zero-order valence-electron chi connectivity index (χ0n) is 12.7. The smallest absolute Gasteiger partial charge is 0.0860 e. The number of aromatic nitrogens is 2. The number of hydrogen-bond donors (Lipinski definition) is 1. The Kier molecular flexibility index (Phi) is 5.38. The van der Waals surface area contributed by atoms with Crippen molar-refractivity contribution >= 4 is 23.2 Å². The van der Waals surface area contributed by atoms with Gasteiger partial charge in [-0.15, -0.1) is 11.6 Å². The topological polar surface area (TPSA) is 29.9 Å². The van der Waals surface area contributed by atoms with Gasteiger partial charge in [0, 0.05) is 24.5 Å². The molecule has 114 valence electrons. The molecule has 0 saturated heterocycles. The van der Waals surface area contributed by atoms with Gasteiger partial charge in [0.1, 0.15) is 0 Å². The average molecular weight is 318 g/mol. The highest BCUT2D eigenvalue weighted by Crippen LogP contribution is 2.34. The highest BCUT2D eigenvalue weighted by atomic mass is 35.5. The second kappa shape index (κ2) is 6.67. The number of aryl methyl sites for hydroxylation is 2. The van der Waals surface area contributed by atoms with Gasteiger partial charge >= 0.3 is 0 Å². The van der Waals surface area contributed by atoms with Gasteiger partial charge in [-0.2, -0.15) is 5.10 Å². The molecule has 1 aliphatic carbocycles. The van der Waals surface area contributed by atoms with Crippen LogP contribution in [0.15, 0.2) is 0 Å². The van der Waals surface area contributed by atoms with Crippen molar-refractivity contribution in [3.63, 3.8) is 0 Å². The second-order valence-electron chi connectivity index (χ2n) is 6.13. The molecule has 1 saturated carbocycles. The minimum Gasteiger partial charge on any atom is -0.304 e. The van der Waals surface area contributed by atoms with Crippen molar-refractivity contribution < 1.29 is 0 Å². The van der Waals surface area contributed by atoms with Gasteiger partial charge in [0.2, 0.25) is 0 Å². The fraction of sp³-hybridized carbons (Fsp3) is 0.800. The summed E-state index contributed by atoms with van der Waals surface area (Å²) in [5.41, 5.74) is 2.04. The molecule has 0 spiro atoms. The normalized spacial score (nSPS) is 26.9. The summed E-state index contributed by atoms with van der Waals surface area (Å²) in [4.78, 5) is 0. The molecule has 1 heterocycles. The van der Waals surface area contributed by atoms with E-state index in [0.29, 0.717) is 5.88 Å². The number of nitrogens with one attached hydrogen (secondary N) is 1. The van der Waals surface area contributed by atoms with Crippen LogP contribution in [0.4, 0.5) is 0 Å². The minimum atomic E-state index is 0.0549. The van der Waals surface area contributed by atoms with Crippen LogP contribution in [-0.4, -0.2) is 21.2 Å². The molecule has 0 aromatic carbocycles. The lowest BCUT2D eigenvalue weighted by Crippen LogP contribution is -2.50. The fourth-order valence-corrected chi connectivity index (χ4v) is 3.84. The Hall–Kier alpha value is -0.250. The summed E-state index contributed by atoms with van der Waals surface area (Å²) >= 11 is 12.6. The monoisotopic (exact) mass is 317 g/mol. The molecule has 0 aliphatic heterocycles. The van der Waals surface area contributed by atoms with Crippen LogP contribution in [0.1, 0.15) is 50.9 Å². The van der Waals surface area contributed by atoms with E-state index in [9.17, 15) is 0 Å². The molecule has 1 aromatic heterocycles. The van der Waals surface area contributed by atoms with Gasteiger partial charge in [0.25, 0.3) is 0 Å². The molecule has 2 unspecified atom stereocenters. The van der Waals surface area contributed by atoms with Crippen LogP contribution in [0, 0.1) is 12.8 Å². The number of rotatable bonds is 5. The quantitative estimate of drug-likeness (QED) is 0.827. The molecule has 20 heavy (non-hydrogen) atoms. The maximum atomic E-state index is 6.37. The van der Waals surface area contributed by atoms with E-state index < -0.39 is 0 Å². The molecule has 5 heteroatoms. The Balaban J connectivity index is 2.10. The Morgan fingerprint density at radius 1 is 1.50 bits per heavy atom. The Morgan fingerprint density at radius 3 is 2.85 bits per heavy atom. The summed E-state index contributed by atoms with van der Waals surface area (Å²) in [6.45, 7) is 7.95. The molecule has 1 N–H and O–H groups in total. The van der Waals surface area contributed by atoms with Crippen LogP contribution in [0.5, 0.6) is 0 Å². The van der Waals surface area contributed by atoms with Crippen LogP contribution < -0.4 is 5.32 Å². The highest BCUT2D eigenvalue weighted by Gasteiger charge is 2.34. The van der Waals surface area contributed by atoms with Crippen LogP contribution in [0.3, 0.4) is 0 Å². The van der Waals surface area contributed by atoms with E-state index in [-0.39, 0.29) is 5.54 Å². The highest BCUT2D eigenvalue weighted by molar-refractivity contribution is 6.31. The molecular weight excluding hydrogens is 293 g/mol. The molecule has 1 aromatic rings. The molecule has 0 amide bonds. The van der Waals surface area contributed by atoms with E-state index >= 15 is 0 Å². The van der Waals surface area contributed by atoms with Gasteiger partial charge in [-0.1, -0.05) is 31.4 Å². The van der Waals surface area contributed by atoms with E-state index in [1.54, 1.807) is 0 Å². The first kappa shape index (κ1) is 16.1. The molecule has 1 aliphatic rings. The Bertz CT molecular complexity index is 458. The number of halogens is 2. The zero-order chi connectivity index (χ0) is 14.8. The summed E-state index contributed by atoms with van der Waals surface area (Å²) in [6, 6.07) is 0. The van der Waals surface area contributed by atoms with Crippen molar-refractivity contribution in [3.05, 3.63) is 16.4 Å². The van der Waals surface area contributed by atoms with Gasteiger partial charge in [-0.05, 0) is 32.6 Å². The number of alkyl halides is 1. The zero-order valence-corrected chi connectivity index (χ0v) is 14.2. The molecule has 0 bridgehead atoms. The first-order valence-electron chi connectivity index (χ1n) is 7.54. The maximum Gasteiger partial charge on any atom is 0.0860 e. The minimum absolute atomic E-state index is 0.0549. The average Bonchev–Trinajstić information content (AvgIpc) is 2.72. The maximum absolute atomic E-state index is 6.37. The molecule has 1 fully saturated rings. The van der Waals surface area contributed by atoms with Gasteiger partial charge in [-0.3, -0.25) is 4.68 Å². The first-order valence-corrected chi connectivity index (χ1v) is 8.45. The molecular formula is C15H25Cl2N3. The van der Waals surface area contributed by atoms with Crippen molar-refractivity contribution in [2.75, 3.05) is 5.88 Å². The van der Waals surface area contributed by atoms with Crippen molar-refractivity contribution in [2.45, 2.75) is 65.1 Å². The van der Waals surface area contributed by atoms with E-state index in [2.05, 4.69) is 24.3 Å². The summed E-state index contributed by atoms with van der Waals surface area (Å²) in [7, 11) is 0. The summed E-state index contributed by atoms with van der Waals surface area (Å²) in [6.07, 6.45) is 4.86.